The predicted molar refractivity (Wildman–Crippen MR) is 63.9 cm³/mol. The molecule has 84 valence electrons. The predicted octanol–water partition coefficient (Wildman–Crippen LogP) is 2.14. The first-order valence-corrected chi connectivity index (χ1v) is 5.68. The first-order chi connectivity index (χ1) is 7.21. The Kier molecular flexibility index (Phi) is 4.78. The van der Waals surface area contributed by atoms with E-state index in [-0.39, 0.29) is 0 Å². The van der Waals surface area contributed by atoms with Crippen molar-refractivity contribution in [2.24, 2.45) is 5.73 Å². The van der Waals surface area contributed by atoms with Crippen LogP contribution in [0.2, 0.25) is 0 Å². The summed E-state index contributed by atoms with van der Waals surface area (Å²) in [4.78, 5) is 1.14. The lowest BCUT2D eigenvalue weighted by Gasteiger charge is -2.11. The van der Waals surface area contributed by atoms with Gasteiger partial charge < -0.3 is 15.2 Å². The van der Waals surface area contributed by atoms with Gasteiger partial charge in [-0.05, 0) is 18.2 Å². The maximum atomic E-state index is 5.57. The molecule has 1 rings (SSSR count). The van der Waals surface area contributed by atoms with Crippen molar-refractivity contribution in [1.29, 1.82) is 0 Å². The molecule has 0 saturated heterocycles. The molecule has 0 bridgehead atoms. The van der Waals surface area contributed by atoms with Crippen LogP contribution in [-0.4, -0.2) is 26.0 Å². The Labute approximate surface area is 94.9 Å². The Hall–Kier alpha value is -0.870. The zero-order chi connectivity index (χ0) is 11.3. The fraction of sp³-hybridized carbons (Fsp3) is 0.455. The summed E-state index contributed by atoms with van der Waals surface area (Å²) in [5, 5.41) is 0.406. The maximum absolute atomic E-state index is 5.57. The average Bonchev–Trinajstić information content (AvgIpc) is 2.28. The lowest BCUT2D eigenvalue weighted by atomic mass is 10.3. The standard InChI is InChI=1S/C11H17NO2S/c1-8(7-12)15-9-4-5-10(13-2)11(6-9)14-3/h4-6,8H,7,12H2,1-3H3. The van der Waals surface area contributed by atoms with Crippen LogP contribution in [0.3, 0.4) is 0 Å². The van der Waals surface area contributed by atoms with Crippen molar-refractivity contribution in [3.05, 3.63) is 18.2 Å². The Morgan fingerprint density at radius 2 is 1.93 bits per heavy atom. The molecule has 1 unspecified atom stereocenters. The zero-order valence-electron chi connectivity index (χ0n) is 9.32. The average molecular weight is 227 g/mol. The van der Waals surface area contributed by atoms with Gasteiger partial charge in [0, 0.05) is 16.7 Å². The SMILES string of the molecule is COc1ccc(SC(C)CN)cc1OC. The third-order valence-electron chi connectivity index (χ3n) is 2.02. The second kappa shape index (κ2) is 5.88. The molecule has 1 atom stereocenters. The molecule has 0 aliphatic carbocycles. The van der Waals surface area contributed by atoms with Crippen LogP contribution in [0, 0.1) is 0 Å². The van der Waals surface area contributed by atoms with Crippen molar-refractivity contribution in [1.82, 2.24) is 0 Å². The van der Waals surface area contributed by atoms with Gasteiger partial charge >= 0.3 is 0 Å². The highest BCUT2D eigenvalue weighted by molar-refractivity contribution is 8.00. The van der Waals surface area contributed by atoms with Crippen molar-refractivity contribution >= 4 is 11.8 Å². The third-order valence-corrected chi connectivity index (χ3v) is 3.15. The first kappa shape index (κ1) is 12.2. The molecule has 0 aliphatic rings. The minimum atomic E-state index is 0.406. The smallest absolute Gasteiger partial charge is 0.161 e. The van der Waals surface area contributed by atoms with Gasteiger partial charge in [-0.1, -0.05) is 6.92 Å². The minimum absolute atomic E-state index is 0.406. The number of nitrogens with two attached hydrogens (primary N) is 1. The number of rotatable bonds is 5. The van der Waals surface area contributed by atoms with Crippen molar-refractivity contribution in [3.8, 4) is 11.5 Å². The van der Waals surface area contributed by atoms with E-state index in [0.717, 1.165) is 16.4 Å². The van der Waals surface area contributed by atoms with E-state index < -0.39 is 0 Å². The second-order valence-electron chi connectivity index (χ2n) is 3.18. The molecule has 2 N–H and O–H groups in total. The first-order valence-electron chi connectivity index (χ1n) is 4.80. The fourth-order valence-electron chi connectivity index (χ4n) is 1.17. The molecular formula is C11H17NO2S. The van der Waals surface area contributed by atoms with E-state index in [9.17, 15) is 0 Å². The Balaban J connectivity index is 2.83. The highest BCUT2D eigenvalue weighted by atomic mass is 32.2. The van der Waals surface area contributed by atoms with Crippen LogP contribution < -0.4 is 15.2 Å². The largest absolute Gasteiger partial charge is 0.493 e. The second-order valence-corrected chi connectivity index (χ2v) is 4.69. The van der Waals surface area contributed by atoms with Crippen LogP contribution in [0.15, 0.2) is 23.1 Å². The summed E-state index contributed by atoms with van der Waals surface area (Å²) >= 11 is 1.73. The van der Waals surface area contributed by atoms with Crippen molar-refractivity contribution < 1.29 is 9.47 Å². The van der Waals surface area contributed by atoms with Gasteiger partial charge in [0.05, 0.1) is 14.2 Å². The van der Waals surface area contributed by atoms with Crippen molar-refractivity contribution in [2.75, 3.05) is 20.8 Å². The van der Waals surface area contributed by atoms with E-state index in [1.54, 1.807) is 26.0 Å². The third kappa shape index (κ3) is 3.32. The number of ether oxygens (including phenoxy) is 2. The summed E-state index contributed by atoms with van der Waals surface area (Å²) in [5.41, 5.74) is 5.57. The molecular weight excluding hydrogens is 210 g/mol. The van der Waals surface area contributed by atoms with Gasteiger partial charge in [-0.2, -0.15) is 0 Å². The number of methoxy groups -OCH3 is 2. The van der Waals surface area contributed by atoms with Gasteiger partial charge in [0.15, 0.2) is 11.5 Å². The van der Waals surface area contributed by atoms with Crippen LogP contribution in [-0.2, 0) is 0 Å². The zero-order valence-corrected chi connectivity index (χ0v) is 10.1. The van der Waals surface area contributed by atoms with Crippen LogP contribution in [0.1, 0.15) is 6.92 Å². The monoisotopic (exact) mass is 227 g/mol. The van der Waals surface area contributed by atoms with E-state index in [1.165, 1.54) is 0 Å². The molecule has 3 nitrogen and oxygen atoms in total. The number of hydrogen-bond donors (Lipinski definition) is 1. The lowest BCUT2D eigenvalue weighted by Crippen LogP contribution is -2.12. The van der Waals surface area contributed by atoms with Crippen LogP contribution >= 0.6 is 11.8 Å². The van der Waals surface area contributed by atoms with Gasteiger partial charge in [-0.15, -0.1) is 11.8 Å². The van der Waals surface area contributed by atoms with E-state index in [1.807, 2.05) is 18.2 Å². The molecule has 15 heavy (non-hydrogen) atoms. The summed E-state index contributed by atoms with van der Waals surface area (Å²) in [6.07, 6.45) is 0. The summed E-state index contributed by atoms with van der Waals surface area (Å²) in [6.45, 7) is 2.76. The Morgan fingerprint density at radius 1 is 1.27 bits per heavy atom. The molecule has 0 amide bonds. The molecule has 0 radical (unpaired) electrons. The molecule has 0 spiro atoms. The van der Waals surface area contributed by atoms with E-state index in [2.05, 4.69) is 6.92 Å². The van der Waals surface area contributed by atoms with E-state index in [4.69, 9.17) is 15.2 Å². The van der Waals surface area contributed by atoms with Gasteiger partial charge in [0.25, 0.3) is 0 Å². The number of thioether (sulfide) groups is 1. The van der Waals surface area contributed by atoms with E-state index in [0.29, 0.717) is 11.8 Å². The van der Waals surface area contributed by atoms with Crippen molar-refractivity contribution in [2.45, 2.75) is 17.1 Å². The Bertz CT molecular complexity index is 317. The fourth-order valence-corrected chi connectivity index (χ4v) is 2.05. The molecule has 4 heteroatoms. The number of benzene rings is 1. The van der Waals surface area contributed by atoms with Gasteiger partial charge in [0.2, 0.25) is 0 Å². The molecule has 1 aromatic rings. The highest BCUT2D eigenvalue weighted by Crippen LogP contribution is 2.33. The summed E-state index contributed by atoms with van der Waals surface area (Å²) in [6, 6.07) is 5.89. The van der Waals surface area contributed by atoms with E-state index >= 15 is 0 Å². The summed E-state index contributed by atoms with van der Waals surface area (Å²) in [7, 11) is 3.27. The maximum Gasteiger partial charge on any atom is 0.161 e. The molecule has 0 saturated carbocycles. The van der Waals surface area contributed by atoms with Gasteiger partial charge in [-0.25, -0.2) is 0 Å². The normalized spacial score (nSPS) is 12.3. The Morgan fingerprint density at radius 3 is 2.47 bits per heavy atom. The van der Waals surface area contributed by atoms with Crippen LogP contribution in [0.5, 0.6) is 11.5 Å². The molecule has 0 heterocycles. The van der Waals surface area contributed by atoms with Gasteiger partial charge in [0.1, 0.15) is 0 Å². The number of hydrogen-bond acceptors (Lipinski definition) is 4. The summed E-state index contributed by atoms with van der Waals surface area (Å²) in [5.74, 6) is 1.51. The summed E-state index contributed by atoms with van der Waals surface area (Å²) < 4.78 is 10.4. The molecule has 0 fully saturated rings. The molecule has 0 aliphatic heterocycles. The van der Waals surface area contributed by atoms with Crippen LogP contribution in [0.25, 0.3) is 0 Å². The van der Waals surface area contributed by atoms with Gasteiger partial charge in [-0.3, -0.25) is 0 Å². The molecule has 0 aromatic heterocycles. The lowest BCUT2D eigenvalue weighted by molar-refractivity contribution is 0.354. The van der Waals surface area contributed by atoms with Crippen molar-refractivity contribution in [3.63, 3.8) is 0 Å². The molecule has 1 aromatic carbocycles. The topological polar surface area (TPSA) is 44.5 Å². The minimum Gasteiger partial charge on any atom is -0.493 e. The highest BCUT2D eigenvalue weighted by Gasteiger charge is 2.07. The quantitative estimate of drug-likeness (QED) is 0.783. The van der Waals surface area contributed by atoms with Crippen LogP contribution in [0.4, 0.5) is 0 Å².